The molecule has 0 amide bonds. The summed E-state index contributed by atoms with van der Waals surface area (Å²) >= 11 is 0. The Morgan fingerprint density at radius 2 is 2.00 bits per heavy atom. The molecule has 1 aromatic heterocycles. The van der Waals surface area contributed by atoms with Gasteiger partial charge in [0.25, 0.3) is 0 Å². The van der Waals surface area contributed by atoms with Crippen molar-refractivity contribution in [1.29, 1.82) is 0 Å². The number of hydrogen-bond donors (Lipinski definition) is 2. The van der Waals surface area contributed by atoms with Crippen molar-refractivity contribution in [3.05, 3.63) is 36.0 Å². The van der Waals surface area contributed by atoms with Crippen LogP contribution in [0.25, 0.3) is 0 Å². The Hall–Kier alpha value is -2.37. The number of para-hydroxylation sites is 1. The molecule has 0 radical (unpaired) electrons. The van der Waals surface area contributed by atoms with Gasteiger partial charge in [-0.25, -0.2) is 0 Å². The van der Waals surface area contributed by atoms with E-state index in [0.29, 0.717) is 12.0 Å². The maximum Gasteiger partial charge on any atom is 0.244 e. The number of anilines is 2. The average Bonchev–Trinajstić information content (AvgIpc) is 2.63. The molecule has 2 aromatic rings. The monoisotopic (exact) mass is 327 g/mol. The highest BCUT2D eigenvalue weighted by Crippen LogP contribution is 2.20. The van der Waals surface area contributed by atoms with Crippen LogP contribution in [0, 0.1) is 0 Å². The van der Waals surface area contributed by atoms with Crippen LogP contribution >= 0.6 is 0 Å². The molecule has 0 aliphatic heterocycles. The lowest BCUT2D eigenvalue weighted by Crippen LogP contribution is -2.24. The Bertz CT molecular complexity index is 643. The van der Waals surface area contributed by atoms with Crippen LogP contribution in [0.2, 0.25) is 0 Å². The van der Waals surface area contributed by atoms with Gasteiger partial charge in [-0.3, -0.25) is 0 Å². The van der Waals surface area contributed by atoms with E-state index in [2.05, 4.69) is 31.9 Å². The highest BCUT2D eigenvalue weighted by Gasteiger charge is 2.14. The fraction of sp³-hybridized carbons (Fsp3) is 0.500. The second kappa shape index (κ2) is 8.47. The smallest absolute Gasteiger partial charge is 0.244 e. The summed E-state index contributed by atoms with van der Waals surface area (Å²) in [5.74, 6) is 2.28. The first-order valence-corrected chi connectivity index (χ1v) is 8.67. The zero-order valence-electron chi connectivity index (χ0n) is 14.2. The Morgan fingerprint density at radius 1 is 1.17 bits per heavy atom. The largest absolute Gasteiger partial charge is 0.496 e. The first-order chi connectivity index (χ1) is 11.8. The Kier molecular flexibility index (Phi) is 5.82. The predicted octanol–water partition coefficient (Wildman–Crippen LogP) is 3.28. The Morgan fingerprint density at radius 3 is 2.83 bits per heavy atom. The van der Waals surface area contributed by atoms with Gasteiger partial charge >= 0.3 is 0 Å². The van der Waals surface area contributed by atoms with Gasteiger partial charge in [0.05, 0.1) is 13.3 Å². The van der Waals surface area contributed by atoms with Crippen LogP contribution in [0.15, 0.2) is 30.5 Å². The number of nitrogens with zero attached hydrogens (tertiary/aromatic N) is 3. The molecule has 0 unspecified atom stereocenters. The van der Waals surface area contributed by atoms with Gasteiger partial charge in [0.15, 0.2) is 5.82 Å². The minimum absolute atomic E-state index is 0.476. The van der Waals surface area contributed by atoms with Crippen molar-refractivity contribution < 1.29 is 4.74 Å². The van der Waals surface area contributed by atoms with Gasteiger partial charge < -0.3 is 15.4 Å². The van der Waals surface area contributed by atoms with E-state index in [1.54, 1.807) is 13.3 Å². The van der Waals surface area contributed by atoms with Crippen LogP contribution in [0.1, 0.15) is 37.7 Å². The number of rotatable bonds is 7. The highest BCUT2D eigenvalue weighted by molar-refractivity contribution is 5.39. The lowest BCUT2D eigenvalue weighted by molar-refractivity contribution is 0.410. The second-order valence-electron chi connectivity index (χ2n) is 6.13. The van der Waals surface area contributed by atoms with Crippen LogP contribution in [-0.4, -0.2) is 34.9 Å². The summed E-state index contributed by atoms with van der Waals surface area (Å²) in [5, 5.41) is 14.9. The van der Waals surface area contributed by atoms with Crippen molar-refractivity contribution in [2.75, 3.05) is 24.3 Å². The molecular weight excluding hydrogens is 302 g/mol. The number of ether oxygens (including phenoxy) is 1. The molecule has 2 N–H and O–H groups in total. The first kappa shape index (κ1) is 16.5. The third-order valence-corrected chi connectivity index (χ3v) is 4.39. The number of nitrogens with one attached hydrogen (secondary N) is 2. The minimum Gasteiger partial charge on any atom is -0.496 e. The maximum absolute atomic E-state index is 5.38. The topological polar surface area (TPSA) is 72.0 Å². The molecule has 1 aliphatic carbocycles. The SMILES string of the molecule is COc1ccccc1CCNc1cnnc(NC2CCCCC2)n1. The van der Waals surface area contributed by atoms with E-state index in [1.165, 1.54) is 37.7 Å². The zero-order valence-corrected chi connectivity index (χ0v) is 14.2. The molecule has 1 aromatic carbocycles. The standard InChI is InChI=1S/C18H25N5O/c1-24-16-10-6-5-7-14(16)11-12-19-17-13-20-23-18(22-17)21-15-8-3-2-4-9-15/h5-7,10,13,15H,2-4,8-9,11-12H2,1H3,(H2,19,21,22,23). The molecule has 0 spiro atoms. The van der Waals surface area contributed by atoms with E-state index in [0.717, 1.165) is 24.5 Å². The molecule has 6 heteroatoms. The Balaban J connectivity index is 1.52. The van der Waals surface area contributed by atoms with Crippen molar-refractivity contribution in [2.45, 2.75) is 44.6 Å². The Labute approximate surface area is 143 Å². The lowest BCUT2D eigenvalue weighted by Gasteiger charge is -2.22. The molecule has 1 fully saturated rings. The average molecular weight is 327 g/mol. The van der Waals surface area contributed by atoms with Gasteiger partial charge in [0, 0.05) is 12.6 Å². The molecule has 24 heavy (non-hydrogen) atoms. The number of methoxy groups -OCH3 is 1. The van der Waals surface area contributed by atoms with E-state index in [-0.39, 0.29) is 0 Å². The molecule has 1 aliphatic rings. The third kappa shape index (κ3) is 4.57. The minimum atomic E-state index is 0.476. The van der Waals surface area contributed by atoms with Gasteiger partial charge in [-0.15, -0.1) is 5.10 Å². The second-order valence-corrected chi connectivity index (χ2v) is 6.13. The molecule has 1 heterocycles. The van der Waals surface area contributed by atoms with Crippen molar-refractivity contribution in [3.8, 4) is 5.75 Å². The number of aromatic nitrogens is 3. The molecule has 3 rings (SSSR count). The van der Waals surface area contributed by atoms with E-state index in [9.17, 15) is 0 Å². The summed E-state index contributed by atoms with van der Waals surface area (Å²) in [4.78, 5) is 4.51. The van der Waals surface area contributed by atoms with Gasteiger partial charge in [0.1, 0.15) is 5.75 Å². The van der Waals surface area contributed by atoms with Crippen molar-refractivity contribution in [3.63, 3.8) is 0 Å². The van der Waals surface area contributed by atoms with Crippen LogP contribution in [0.4, 0.5) is 11.8 Å². The summed E-state index contributed by atoms with van der Waals surface area (Å²) in [5.41, 5.74) is 1.18. The summed E-state index contributed by atoms with van der Waals surface area (Å²) < 4.78 is 5.38. The first-order valence-electron chi connectivity index (χ1n) is 8.67. The molecule has 6 nitrogen and oxygen atoms in total. The molecule has 1 saturated carbocycles. The third-order valence-electron chi connectivity index (χ3n) is 4.39. The molecule has 128 valence electrons. The van der Waals surface area contributed by atoms with E-state index >= 15 is 0 Å². The summed E-state index contributed by atoms with van der Waals surface area (Å²) in [6.07, 6.45) is 8.79. The van der Waals surface area contributed by atoms with Gasteiger partial charge in [-0.05, 0) is 30.9 Å². The predicted molar refractivity (Wildman–Crippen MR) is 95.5 cm³/mol. The van der Waals surface area contributed by atoms with Crippen LogP contribution in [0.3, 0.4) is 0 Å². The van der Waals surface area contributed by atoms with E-state index in [4.69, 9.17) is 4.74 Å². The van der Waals surface area contributed by atoms with Crippen molar-refractivity contribution in [2.24, 2.45) is 0 Å². The van der Waals surface area contributed by atoms with E-state index in [1.807, 2.05) is 18.2 Å². The molecular formula is C18H25N5O. The summed E-state index contributed by atoms with van der Waals surface area (Å²) in [6.45, 7) is 0.766. The van der Waals surface area contributed by atoms with Crippen molar-refractivity contribution >= 4 is 11.8 Å². The molecule has 0 bridgehead atoms. The molecule has 0 atom stereocenters. The molecule has 0 saturated heterocycles. The highest BCUT2D eigenvalue weighted by atomic mass is 16.5. The van der Waals surface area contributed by atoms with E-state index < -0.39 is 0 Å². The summed E-state index contributed by atoms with van der Waals surface area (Å²) in [6, 6.07) is 8.54. The van der Waals surface area contributed by atoms with Gasteiger partial charge in [-0.1, -0.05) is 37.5 Å². The van der Waals surface area contributed by atoms with Gasteiger partial charge in [-0.2, -0.15) is 10.1 Å². The van der Waals surface area contributed by atoms with Crippen molar-refractivity contribution in [1.82, 2.24) is 15.2 Å². The summed E-state index contributed by atoms with van der Waals surface area (Å²) in [7, 11) is 1.70. The maximum atomic E-state index is 5.38. The number of benzene rings is 1. The lowest BCUT2D eigenvalue weighted by atomic mass is 9.96. The van der Waals surface area contributed by atoms with Gasteiger partial charge in [0.2, 0.25) is 5.95 Å². The zero-order chi connectivity index (χ0) is 16.6. The quantitative estimate of drug-likeness (QED) is 0.813. The van der Waals surface area contributed by atoms with Crippen LogP contribution in [0.5, 0.6) is 5.75 Å². The fourth-order valence-corrected chi connectivity index (χ4v) is 3.11. The fourth-order valence-electron chi connectivity index (χ4n) is 3.11. The van der Waals surface area contributed by atoms with Crippen LogP contribution < -0.4 is 15.4 Å². The normalized spacial score (nSPS) is 15.0. The van der Waals surface area contributed by atoms with Crippen LogP contribution in [-0.2, 0) is 6.42 Å². The number of hydrogen-bond acceptors (Lipinski definition) is 6.